The fraction of sp³-hybridized carbons (Fsp3) is 0.571. The molecule has 5 heteroatoms. The van der Waals surface area contributed by atoms with E-state index in [2.05, 4.69) is 32.2 Å². The van der Waals surface area contributed by atoms with Gasteiger partial charge in [0.25, 0.3) is 0 Å². The number of halogens is 2. The van der Waals surface area contributed by atoms with Crippen molar-refractivity contribution in [2.75, 3.05) is 39.4 Å². The Bertz CT molecular complexity index is 397. The maximum Gasteiger partial charge on any atom is 0.0594 e. The largest absolute Gasteiger partial charge is 0.379 e. The number of rotatable bonds is 6. The molecule has 0 atom stereocenters. The molecule has 0 amide bonds. The summed E-state index contributed by atoms with van der Waals surface area (Å²) in [5.74, 6) is 0. The number of morpholine rings is 1. The molecule has 106 valence electrons. The Morgan fingerprint density at radius 3 is 2.89 bits per heavy atom. The summed E-state index contributed by atoms with van der Waals surface area (Å²) in [5, 5.41) is 4.27. The van der Waals surface area contributed by atoms with Gasteiger partial charge in [-0.3, -0.25) is 4.90 Å². The van der Waals surface area contributed by atoms with Gasteiger partial charge in [-0.05, 0) is 43.3 Å². The first-order valence-electron chi connectivity index (χ1n) is 6.70. The van der Waals surface area contributed by atoms with Crippen molar-refractivity contribution in [2.45, 2.75) is 13.0 Å². The second-order valence-corrected chi connectivity index (χ2v) is 6.04. The highest BCUT2D eigenvalue weighted by Crippen LogP contribution is 2.20. The molecular weight excluding hydrogens is 328 g/mol. The summed E-state index contributed by atoms with van der Waals surface area (Å²) >= 11 is 9.61. The predicted molar refractivity (Wildman–Crippen MR) is 82.7 cm³/mol. The number of ether oxygens (including phenoxy) is 1. The molecule has 0 spiro atoms. The summed E-state index contributed by atoms with van der Waals surface area (Å²) in [6.45, 7) is 6.86. The fourth-order valence-corrected chi connectivity index (χ4v) is 2.75. The van der Waals surface area contributed by atoms with Crippen LogP contribution in [0.5, 0.6) is 0 Å². The van der Waals surface area contributed by atoms with Crippen LogP contribution in [0.15, 0.2) is 22.7 Å². The quantitative estimate of drug-likeness (QED) is 0.801. The highest BCUT2D eigenvalue weighted by Gasteiger charge is 2.09. The lowest BCUT2D eigenvalue weighted by Crippen LogP contribution is -2.37. The van der Waals surface area contributed by atoms with E-state index < -0.39 is 0 Å². The van der Waals surface area contributed by atoms with E-state index in [1.807, 2.05) is 12.1 Å². The summed E-state index contributed by atoms with van der Waals surface area (Å²) in [7, 11) is 0. The second kappa shape index (κ2) is 8.22. The van der Waals surface area contributed by atoms with Gasteiger partial charge in [0.2, 0.25) is 0 Å². The van der Waals surface area contributed by atoms with Crippen LogP contribution in [0.25, 0.3) is 0 Å². The molecular formula is C14H20BrClN2O. The molecule has 1 heterocycles. The molecule has 0 unspecified atom stereocenters. The Kier molecular flexibility index (Phi) is 6.61. The third-order valence-electron chi connectivity index (χ3n) is 3.25. The van der Waals surface area contributed by atoms with Gasteiger partial charge in [0.05, 0.1) is 13.2 Å². The van der Waals surface area contributed by atoms with Crippen LogP contribution >= 0.6 is 27.5 Å². The van der Waals surface area contributed by atoms with Crippen LogP contribution in [0.2, 0.25) is 5.02 Å². The van der Waals surface area contributed by atoms with Gasteiger partial charge < -0.3 is 10.1 Å². The zero-order valence-electron chi connectivity index (χ0n) is 11.0. The van der Waals surface area contributed by atoms with E-state index in [1.54, 1.807) is 0 Å². The van der Waals surface area contributed by atoms with Crippen molar-refractivity contribution < 1.29 is 4.74 Å². The van der Waals surface area contributed by atoms with Crippen molar-refractivity contribution in [1.82, 2.24) is 10.2 Å². The Balaban J connectivity index is 1.62. The van der Waals surface area contributed by atoms with E-state index in [1.165, 1.54) is 0 Å². The summed E-state index contributed by atoms with van der Waals surface area (Å²) in [6.07, 6.45) is 1.16. The number of hydrogen-bond acceptors (Lipinski definition) is 3. The Hall–Kier alpha value is -0.130. The smallest absolute Gasteiger partial charge is 0.0594 e. The third-order valence-corrected chi connectivity index (χ3v) is 4.12. The fourth-order valence-electron chi connectivity index (χ4n) is 2.15. The first kappa shape index (κ1) is 15.3. The van der Waals surface area contributed by atoms with Gasteiger partial charge >= 0.3 is 0 Å². The lowest BCUT2D eigenvalue weighted by Gasteiger charge is -2.26. The number of benzene rings is 1. The van der Waals surface area contributed by atoms with Crippen molar-refractivity contribution in [2.24, 2.45) is 0 Å². The van der Waals surface area contributed by atoms with Crippen LogP contribution in [0.1, 0.15) is 12.0 Å². The molecule has 1 N–H and O–H groups in total. The minimum Gasteiger partial charge on any atom is -0.379 e. The Morgan fingerprint density at radius 1 is 1.32 bits per heavy atom. The molecule has 3 nitrogen and oxygen atoms in total. The van der Waals surface area contributed by atoms with E-state index in [-0.39, 0.29) is 0 Å². The molecule has 19 heavy (non-hydrogen) atoms. The van der Waals surface area contributed by atoms with E-state index in [0.29, 0.717) is 0 Å². The molecule has 1 aromatic rings. The lowest BCUT2D eigenvalue weighted by atomic mass is 10.2. The molecule has 1 aliphatic rings. The number of nitrogens with one attached hydrogen (secondary N) is 1. The normalized spacial score (nSPS) is 16.7. The van der Waals surface area contributed by atoms with Crippen molar-refractivity contribution in [3.63, 3.8) is 0 Å². The zero-order valence-corrected chi connectivity index (χ0v) is 13.3. The van der Waals surface area contributed by atoms with Gasteiger partial charge in [0.15, 0.2) is 0 Å². The molecule has 2 rings (SSSR count). The first-order chi connectivity index (χ1) is 9.25. The molecule has 0 bridgehead atoms. The maximum absolute atomic E-state index is 6.15. The van der Waals surface area contributed by atoms with Crippen LogP contribution in [0, 0.1) is 0 Å². The maximum atomic E-state index is 6.15. The van der Waals surface area contributed by atoms with Gasteiger partial charge in [-0.15, -0.1) is 0 Å². The number of hydrogen-bond donors (Lipinski definition) is 1. The van der Waals surface area contributed by atoms with Crippen molar-refractivity contribution in [3.05, 3.63) is 33.3 Å². The Labute approximate surface area is 128 Å². The van der Waals surface area contributed by atoms with E-state index >= 15 is 0 Å². The first-order valence-corrected chi connectivity index (χ1v) is 7.87. The topological polar surface area (TPSA) is 24.5 Å². The van der Waals surface area contributed by atoms with E-state index in [0.717, 1.165) is 67.4 Å². The van der Waals surface area contributed by atoms with Crippen molar-refractivity contribution in [3.8, 4) is 0 Å². The van der Waals surface area contributed by atoms with Crippen molar-refractivity contribution in [1.29, 1.82) is 0 Å². The monoisotopic (exact) mass is 346 g/mol. The SMILES string of the molecule is Clc1ccc(Br)cc1CNCCCN1CCOCC1. The average molecular weight is 348 g/mol. The predicted octanol–water partition coefficient (Wildman–Crippen LogP) is 2.91. The molecule has 1 aromatic carbocycles. The molecule has 0 saturated carbocycles. The second-order valence-electron chi connectivity index (χ2n) is 4.72. The number of nitrogens with zero attached hydrogens (tertiary/aromatic N) is 1. The summed E-state index contributed by atoms with van der Waals surface area (Å²) in [4.78, 5) is 2.46. The third kappa shape index (κ3) is 5.40. The van der Waals surface area contributed by atoms with Crippen molar-refractivity contribution >= 4 is 27.5 Å². The van der Waals surface area contributed by atoms with Crippen LogP contribution < -0.4 is 5.32 Å². The van der Waals surface area contributed by atoms with Crippen LogP contribution in [0.4, 0.5) is 0 Å². The molecule has 0 aliphatic carbocycles. The van der Waals surface area contributed by atoms with E-state index in [4.69, 9.17) is 16.3 Å². The minimum absolute atomic E-state index is 0.821. The standard InChI is InChI=1S/C14H20BrClN2O/c15-13-2-3-14(16)12(10-13)11-17-4-1-5-18-6-8-19-9-7-18/h2-3,10,17H,1,4-9,11H2. The summed E-state index contributed by atoms with van der Waals surface area (Å²) in [5.41, 5.74) is 1.14. The molecule has 1 saturated heterocycles. The zero-order chi connectivity index (χ0) is 13.5. The van der Waals surface area contributed by atoms with Crippen LogP contribution in [0.3, 0.4) is 0 Å². The summed E-state index contributed by atoms with van der Waals surface area (Å²) in [6, 6.07) is 5.96. The minimum atomic E-state index is 0.821. The average Bonchev–Trinajstić information content (AvgIpc) is 2.43. The van der Waals surface area contributed by atoms with E-state index in [9.17, 15) is 0 Å². The molecule has 0 radical (unpaired) electrons. The molecule has 1 aliphatic heterocycles. The van der Waals surface area contributed by atoms with Gasteiger partial charge in [-0.1, -0.05) is 27.5 Å². The van der Waals surface area contributed by atoms with Gasteiger partial charge in [-0.25, -0.2) is 0 Å². The molecule has 1 fully saturated rings. The van der Waals surface area contributed by atoms with Gasteiger partial charge in [0, 0.05) is 29.1 Å². The highest BCUT2D eigenvalue weighted by molar-refractivity contribution is 9.10. The Morgan fingerprint density at radius 2 is 2.11 bits per heavy atom. The highest BCUT2D eigenvalue weighted by atomic mass is 79.9. The van der Waals surface area contributed by atoms with Crippen LogP contribution in [-0.2, 0) is 11.3 Å². The van der Waals surface area contributed by atoms with Gasteiger partial charge in [0.1, 0.15) is 0 Å². The summed E-state index contributed by atoms with van der Waals surface area (Å²) < 4.78 is 6.40. The molecule has 0 aromatic heterocycles. The lowest BCUT2D eigenvalue weighted by molar-refractivity contribution is 0.0374. The van der Waals surface area contributed by atoms with Gasteiger partial charge in [-0.2, -0.15) is 0 Å². The van der Waals surface area contributed by atoms with Crippen LogP contribution in [-0.4, -0.2) is 44.3 Å².